The van der Waals surface area contributed by atoms with Gasteiger partial charge >= 0.3 is 0 Å². The van der Waals surface area contributed by atoms with Crippen molar-refractivity contribution in [3.63, 3.8) is 0 Å². The van der Waals surface area contributed by atoms with Crippen molar-refractivity contribution in [1.82, 2.24) is 51.2 Å². The second-order valence-corrected chi connectivity index (χ2v) is 18.7. The maximum Gasteiger partial charge on any atom is 0.255 e. The van der Waals surface area contributed by atoms with Crippen molar-refractivity contribution in [2.75, 3.05) is 108 Å². The Labute approximate surface area is 367 Å². The number of hydrogen-bond acceptors (Lipinski definition) is 15. The summed E-state index contributed by atoms with van der Waals surface area (Å²) in [6.07, 6.45) is 4.50. The normalized spacial score (nSPS) is 34.4. The SMILES string of the molecule is C.CN1CCC2=NN(C)C(=O)C2(C)C1.CN1N=C2CCNCC2(C)C1=O.CN1N=C2CCNCC2(C)C1=O.CN1N=C2CCNC[C@]2(C)C1=O.CN1N=C2CCNC[C@]2(C)C1=O. The van der Waals surface area contributed by atoms with Crippen molar-refractivity contribution in [3.8, 4) is 0 Å². The molecule has 344 valence electrons. The molecular formula is C42H71N15O5. The molecule has 5 amide bonds. The van der Waals surface area contributed by atoms with E-state index >= 15 is 0 Å². The third-order valence-electron chi connectivity index (χ3n) is 13.8. The predicted octanol–water partition coefficient (Wildman–Crippen LogP) is 0.0483. The van der Waals surface area contributed by atoms with Crippen molar-refractivity contribution >= 4 is 58.1 Å². The summed E-state index contributed by atoms with van der Waals surface area (Å²) >= 11 is 0. The molecule has 5 fully saturated rings. The first-order valence-corrected chi connectivity index (χ1v) is 21.4. The number of hydrogen-bond donors (Lipinski definition) is 4. The van der Waals surface area contributed by atoms with Gasteiger partial charge in [-0.3, -0.25) is 24.0 Å². The van der Waals surface area contributed by atoms with Gasteiger partial charge in [-0.2, -0.15) is 25.5 Å². The maximum absolute atomic E-state index is 11.8. The van der Waals surface area contributed by atoms with E-state index in [9.17, 15) is 24.0 Å². The van der Waals surface area contributed by atoms with E-state index in [2.05, 4.69) is 51.7 Å². The van der Waals surface area contributed by atoms with Gasteiger partial charge in [-0.05, 0) is 41.7 Å². The number of nitrogens with one attached hydrogen (secondary N) is 4. The highest BCUT2D eigenvalue weighted by atomic mass is 16.2. The summed E-state index contributed by atoms with van der Waals surface area (Å²) in [5.41, 5.74) is 3.44. The van der Waals surface area contributed by atoms with Crippen molar-refractivity contribution in [3.05, 3.63) is 0 Å². The summed E-state index contributed by atoms with van der Waals surface area (Å²) in [6, 6.07) is 0. The lowest BCUT2D eigenvalue weighted by Gasteiger charge is -2.34. The van der Waals surface area contributed by atoms with Crippen LogP contribution in [-0.2, 0) is 24.0 Å². The molecule has 0 bridgehead atoms. The Morgan fingerprint density at radius 1 is 0.387 bits per heavy atom. The molecule has 0 spiro atoms. The lowest BCUT2D eigenvalue weighted by atomic mass is 9.80. The number of fused-ring (bicyclic) bond motifs is 5. The van der Waals surface area contributed by atoms with E-state index in [1.807, 2.05) is 41.7 Å². The predicted molar refractivity (Wildman–Crippen MR) is 240 cm³/mol. The lowest BCUT2D eigenvalue weighted by Crippen LogP contribution is -2.49. The van der Waals surface area contributed by atoms with Crippen LogP contribution in [0.1, 0.15) is 74.1 Å². The number of rotatable bonds is 0. The molecule has 4 N–H and O–H groups in total. The van der Waals surface area contributed by atoms with E-state index in [1.165, 1.54) is 25.0 Å². The number of piperidine rings is 5. The number of hydrazone groups is 5. The lowest BCUT2D eigenvalue weighted by molar-refractivity contribution is -0.135. The van der Waals surface area contributed by atoms with Gasteiger partial charge in [0.15, 0.2) is 0 Å². The summed E-state index contributed by atoms with van der Waals surface area (Å²) in [5, 5.41) is 41.4. The second-order valence-electron chi connectivity index (χ2n) is 18.7. The highest BCUT2D eigenvalue weighted by Crippen LogP contribution is 2.35. The van der Waals surface area contributed by atoms with Crippen LogP contribution in [0.2, 0.25) is 0 Å². The molecule has 5 saturated heterocycles. The van der Waals surface area contributed by atoms with Crippen LogP contribution in [0.3, 0.4) is 0 Å². The summed E-state index contributed by atoms with van der Waals surface area (Å²) < 4.78 is 0. The molecule has 62 heavy (non-hydrogen) atoms. The Balaban J connectivity index is 0.000000146. The third kappa shape index (κ3) is 8.72. The van der Waals surface area contributed by atoms with Gasteiger partial charge in [-0.15, -0.1) is 0 Å². The largest absolute Gasteiger partial charge is 0.315 e. The van der Waals surface area contributed by atoms with Gasteiger partial charge in [0, 0.05) is 133 Å². The highest BCUT2D eigenvalue weighted by Gasteiger charge is 2.51. The molecule has 3 unspecified atom stereocenters. The Kier molecular flexibility index (Phi) is 14.3. The van der Waals surface area contributed by atoms with Crippen molar-refractivity contribution in [1.29, 1.82) is 0 Å². The molecule has 0 radical (unpaired) electrons. The molecule has 20 heteroatoms. The Morgan fingerprint density at radius 3 is 0.855 bits per heavy atom. The van der Waals surface area contributed by atoms with Crippen LogP contribution in [0.15, 0.2) is 25.5 Å². The van der Waals surface area contributed by atoms with Gasteiger partial charge in [0.1, 0.15) is 27.1 Å². The van der Waals surface area contributed by atoms with E-state index in [0.717, 1.165) is 126 Å². The minimum Gasteiger partial charge on any atom is -0.315 e. The monoisotopic (exact) mass is 866 g/mol. The van der Waals surface area contributed by atoms with Crippen LogP contribution >= 0.6 is 0 Å². The van der Waals surface area contributed by atoms with Crippen LogP contribution in [0.5, 0.6) is 0 Å². The van der Waals surface area contributed by atoms with Gasteiger partial charge < -0.3 is 26.2 Å². The molecule has 0 aliphatic carbocycles. The average molecular weight is 866 g/mol. The first-order valence-electron chi connectivity index (χ1n) is 21.4. The van der Waals surface area contributed by atoms with E-state index in [0.29, 0.717) is 0 Å². The molecule has 0 aromatic heterocycles. The Morgan fingerprint density at radius 2 is 0.613 bits per heavy atom. The van der Waals surface area contributed by atoms with Gasteiger partial charge in [0.2, 0.25) is 0 Å². The smallest absolute Gasteiger partial charge is 0.255 e. The minimum atomic E-state index is -0.354. The van der Waals surface area contributed by atoms with E-state index in [4.69, 9.17) is 0 Å². The zero-order valence-corrected chi connectivity index (χ0v) is 38.1. The quantitative estimate of drug-likeness (QED) is 0.257. The number of carbonyl (C=O) groups excluding carboxylic acids is 5. The molecular weight excluding hydrogens is 795 g/mol. The molecule has 0 aromatic carbocycles. The molecule has 10 aliphatic heterocycles. The average Bonchev–Trinajstić information content (AvgIpc) is 3.87. The summed E-state index contributed by atoms with van der Waals surface area (Å²) in [4.78, 5) is 60.5. The number of amides is 5. The van der Waals surface area contributed by atoms with Gasteiger partial charge in [-0.1, -0.05) is 7.43 Å². The van der Waals surface area contributed by atoms with Crippen LogP contribution in [-0.4, -0.2) is 196 Å². The summed E-state index contributed by atoms with van der Waals surface area (Å²) in [7, 11) is 10.7. The fourth-order valence-corrected chi connectivity index (χ4v) is 9.68. The Hall–Kier alpha value is -4.50. The van der Waals surface area contributed by atoms with Crippen LogP contribution in [0, 0.1) is 27.1 Å². The van der Waals surface area contributed by atoms with Crippen LogP contribution < -0.4 is 21.3 Å². The zero-order chi connectivity index (χ0) is 44.7. The van der Waals surface area contributed by atoms with Crippen molar-refractivity contribution < 1.29 is 24.0 Å². The van der Waals surface area contributed by atoms with E-state index in [-0.39, 0.29) is 64.0 Å². The van der Waals surface area contributed by atoms with Gasteiger partial charge in [0.05, 0.1) is 28.6 Å². The Bertz CT molecular complexity index is 1750. The molecule has 0 aromatic rings. The van der Waals surface area contributed by atoms with Gasteiger partial charge in [0.25, 0.3) is 29.5 Å². The molecule has 10 rings (SSSR count). The topological polar surface area (TPSA) is 215 Å². The highest BCUT2D eigenvalue weighted by molar-refractivity contribution is 6.15. The second kappa shape index (κ2) is 18.3. The first kappa shape index (κ1) is 48.5. The number of nitrogens with zero attached hydrogens (tertiary/aromatic N) is 11. The zero-order valence-electron chi connectivity index (χ0n) is 38.1. The van der Waals surface area contributed by atoms with Crippen LogP contribution in [0.4, 0.5) is 0 Å². The molecule has 10 aliphatic rings. The first-order chi connectivity index (χ1) is 28.6. The fourth-order valence-electron chi connectivity index (χ4n) is 9.68. The van der Waals surface area contributed by atoms with E-state index in [1.54, 1.807) is 35.2 Å². The van der Waals surface area contributed by atoms with Crippen LogP contribution in [0.25, 0.3) is 0 Å². The number of carbonyl (C=O) groups is 5. The summed E-state index contributed by atoms with van der Waals surface area (Å²) in [5.74, 6) is 0.595. The fraction of sp³-hybridized carbons (Fsp3) is 0.762. The third-order valence-corrected chi connectivity index (χ3v) is 13.8. The summed E-state index contributed by atoms with van der Waals surface area (Å²) in [6.45, 7) is 18.3. The van der Waals surface area contributed by atoms with Crippen molar-refractivity contribution in [2.45, 2.75) is 74.1 Å². The van der Waals surface area contributed by atoms with Crippen molar-refractivity contribution in [2.24, 2.45) is 52.6 Å². The molecule has 5 atom stereocenters. The minimum absolute atomic E-state index is 0. The van der Waals surface area contributed by atoms with E-state index < -0.39 is 0 Å². The molecule has 0 saturated carbocycles. The standard InChI is InChI=1S/C9H15N3O.4C8H13N3O.CH4/c1-9-6-11(2)5-4-7(9)10-12(3)8(9)13;4*1-8-5-9-4-3-6(8)10-11(2)7(8)12;/h4-6H2,1-3H3;4*9H,3-5H2,1-2H3;1H4/t;2*8-;;;/m.00.../s1. The molecule has 20 nitrogen and oxygen atoms in total. The molecule has 10 heterocycles. The number of likely N-dealkylation sites (tertiary alicyclic amines) is 1. The maximum atomic E-state index is 11.8. The van der Waals surface area contributed by atoms with Gasteiger partial charge in [-0.25, -0.2) is 25.0 Å².